The van der Waals surface area contributed by atoms with Crippen LogP contribution in [0.25, 0.3) is 0 Å². The second-order valence-corrected chi connectivity index (χ2v) is 7.39. The number of β-lactam (4-membered cyclic amide) rings is 1. The van der Waals surface area contributed by atoms with Crippen molar-refractivity contribution in [2.75, 3.05) is 29.9 Å². The Labute approximate surface area is 157 Å². The molecule has 0 bridgehead atoms. The third kappa shape index (κ3) is 3.16. The summed E-state index contributed by atoms with van der Waals surface area (Å²) < 4.78 is 13.6. The topological polar surface area (TPSA) is 52.7 Å². The third-order valence-corrected chi connectivity index (χ3v) is 5.66. The molecule has 1 N–H and O–H groups in total. The van der Waals surface area contributed by atoms with Gasteiger partial charge in [0.05, 0.1) is 5.41 Å². The van der Waals surface area contributed by atoms with Crippen molar-refractivity contribution in [3.05, 3.63) is 59.9 Å². The van der Waals surface area contributed by atoms with E-state index < -0.39 is 0 Å². The number of nitrogens with one attached hydrogen (secondary N) is 1. The van der Waals surface area contributed by atoms with Gasteiger partial charge in [-0.05, 0) is 49.6 Å². The van der Waals surface area contributed by atoms with Gasteiger partial charge in [0.25, 0.3) is 0 Å². The van der Waals surface area contributed by atoms with E-state index >= 15 is 0 Å². The van der Waals surface area contributed by atoms with Crippen molar-refractivity contribution in [3.63, 3.8) is 0 Å². The largest absolute Gasteiger partial charge is 0.324 e. The fraction of sp³-hybridized carbons (Fsp3) is 0.333. The highest BCUT2D eigenvalue weighted by molar-refractivity contribution is 6.04. The van der Waals surface area contributed by atoms with Gasteiger partial charge >= 0.3 is 6.03 Å². The second-order valence-electron chi connectivity index (χ2n) is 7.39. The number of likely N-dealkylation sites (tertiary alicyclic amines) is 1. The molecule has 6 heteroatoms. The molecule has 2 saturated heterocycles. The second kappa shape index (κ2) is 6.68. The molecule has 3 amide bonds. The van der Waals surface area contributed by atoms with Gasteiger partial charge in [0.1, 0.15) is 5.82 Å². The minimum absolute atomic E-state index is 0.148. The molecule has 27 heavy (non-hydrogen) atoms. The minimum Gasteiger partial charge on any atom is -0.324 e. The Morgan fingerprint density at radius 2 is 1.81 bits per heavy atom. The fourth-order valence-corrected chi connectivity index (χ4v) is 3.84. The highest BCUT2D eigenvalue weighted by Gasteiger charge is 2.53. The molecule has 140 valence electrons. The van der Waals surface area contributed by atoms with E-state index in [0.717, 1.165) is 5.69 Å². The molecule has 0 radical (unpaired) electrons. The number of anilines is 2. The molecule has 4 rings (SSSR count). The number of hydrogen-bond acceptors (Lipinski definition) is 2. The Kier molecular flexibility index (Phi) is 4.34. The van der Waals surface area contributed by atoms with E-state index in [4.69, 9.17) is 0 Å². The van der Waals surface area contributed by atoms with E-state index in [1.807, 2.05) is 35.2 Å². The lowest BCUT2D eigenvalue weighted by Crippen LogP contribution is -2.65. The van der Waals surface area contributed by atoms with E-state index in [1.54, 1.807) is 24.0 Å². The number of benzene rings is 2. The molecule has 0 saturated carbocycles. The molecular weight excluding hydrogens is 345 g/mol. The van der Waals surface area contributed by atoms with Crippen molar-refractivity contribution < 1.29 is 14.0 Å². The van der Waals surface area contributed by atoms with Crippen LogP contribution in [0, 0.1) is 18.2 Å². The van der Waals surface area contributed by atoms with Crippen LogP contribution >= 0.6 is 0 Å². The molecule has 0 unspecified atom stereocenters. The van der Waals surface area contributed by atoms with Gasteiger partial charge in [0, 0.05) is 31.0 Å². The first-order chi connectivity index (χ1) is 13.0. The van der Waals surface area contributed by atoms with E-state index in [-0.39, 0.29) is 23.2 Å². The first kappa shape index (κ1) is 17.5. The average Bonchev–Trinajstić information content (AvgIpc) is 2.69. The maximum absolute atomic E-state index is 13.6. The van der Waals surface area contributed by atoms with Crippen LogP contribution in [0.3, 0.4) is 0 Å². The van der Waals surface area contributed by atoms with Crippen molar-refractivity contribution in [1.82, 2.24) is 4.90 Å². The van der Waals surface area contributed by atoms with Crippen LogP contribution in [0.2, 0.25) is 0 Å². The number of carbonyl (C=O) groups is 2. The maximum Gasteiger partial charge on any atom is 0.321 e. The first-order valence-corrected chi connectivity index (χ1v) is 9.18. The van der Waals surface area contributed by atoms with Crippen molar-refractivity contribution >= 4 is 23.3 Å². The van der Waals surface area contributed by atoms with Crippen LogP contribution in [0.5, 0.6) is 0 Å². The Morgan fingerprint density at radius 3 is 2.44 bits per heavy atom. The monoisotopic (exact) mass is 367 g/mol. The lowest BCUT2D eigenvalue weighted by molar-refractivity contribution is -0.138. The van der Waals surface area contributed by atoms with Crippen LogP contribution in [0.1, 0.15) is 18.4 Å². The smallest absolute Gasteiger partial charge is 0.321 e. The van der Waals surface area contributed by atoms with E-state index in [1.165, 1.54) is 6.07 Å². The molecule has 0 aliphatic carbocycles. The summed E-state index contributed by atoms with van der Waals surface area (Å²) in [5, 5.41) is 2.74. The summed E-state index contributed by atoms with van der Waals surface area (Å²) in [6.07, 6.45) is 1.32. The summed E-state index contributed by atoms with van der Waals surface area (Å²) in [6.45, 7) is 3.43. The van der Waals surface area contributed by atoms with Crippen LogP contribution in [0.4, 0.5) is 20.6 Å². The molecule has 2 aromatic rings. The lowest BCUT2D eigenvalue weighted by atomic mass is 9.71. The Balaban J connectivity index is 1.34. The summed E-state index contributed by atoms with van der Waals surface area (Å²) in [6, 6.07) is 14.1. The van der Waals surface area contributed by atoms with Crippen molar-refractivity contribution in [2.45, 2.75) is 19.8 Å². The van der Waals surface area contributed by atoms with E-state index in [0.29, 0.717) is 43.7 Å². The van der Waals surface area contributed by atoms with Gasteiger partial charge in [0.15, 0.2) is 0 Å². The number of urea groups is 1. The van der Waals surface area contributed by atoms with E-state index in [2.05, 4.69) is 5.32 Å². The van der Waals surface area contributed by atoms with Crippen molar-refractivity contribution in [3.8, 4) is 0 Å². The molecule has 0 aromatic heterocycles. The molecule has 2 heterocycles. The van der Waals surface area contributed by atoms with Crippen LogP contribution in [0.15, 0.2) is 48.5 Å². The van der Waals surface area contributed by atoms with Crippen molar-refractivity contribution in [1.29, 1.82) is 0 Å². The average molecular weight is 367 g/mol. The molecule has 5 nitrogen and oxygen atoms in total. The zero-order valence-corrected chi connectivity index (χ0v) is 15.2. The van der Waals surface area contributed by atoms with Gasteiger partial charge in [-0.3, -0.25) is 4.79 Å². The predicted molar refractivity (Wildman–Crippen MR) is 102 cm³/mol. The highest BCUT2D eigenvalue weighted by atomic mass is 19.1. The zero-order valence-electron chi connectivity index (χ0n) is 15.2. The molecule has 2 aromatic carbocycles. The fourth-order valence-electron chi connectivity index (χ4n) is 3.84. The Bertz CT molecular complexity index is 876. The Morgan fingerprint density at radius 1 is 1.11 bits per heavy atom. The number of rotatable bonds is 2. The first-order valence-electron chi connectivity index (χ1n) is 9.18. The number of aryl methyl sites for hydroxylation is 1. The minimum atomic E-state index is -0.345. The van der Waals surface area contributed by atoms with E-state index in [9.17, 15) is 14.0 Å². The quantitative estimate of drug-likeness (QED) is 0.821. The predicted octanol–water partition coefficient (Wildman–Crippen LogP) is 3.80. The van der Waals surface area contributed by atoms with Crippen LogP contribution in [-0.2, 0) is 4.79 Å². The molecule has 2 fully saturated rings. The van der Waals surface area contributed by atoms with Gasteiger partial charge in [-0.25, -0.2) is 9.18 Å². The maximum atomic E-state index is 13.6. The molecule has 2 aliphatic heterocycles. The summed E-state index contributed by atoms with van der Waals surface area (Å²) >= 11 is 0. The number of piperidine rings is 1. The normalized spacial score (nSPS) is 18.4. The third-order valence-electron chi connectivity index (χ3n) is 5.66. The number of hydrogen-bond donors (Lipinski definition) is 1. The van der Waals surface area contributed by atoms with Gasteiger partial charge in [-0.2, -0.15) is 0 Å². The summed E-state index contributed by atoms with van der Waals surface area (Å²) in [4.78, 5) is 28.7. The molecular formula is C21H22FN3O2. The van der Waals surface area contributed by atoms with Gasteiger partial charge < -0.3 is 15.1 Å². The molecule has 1 spiro atoms. The molecule has 0 atom stereocenters. The van der Waals surface area contributed by atoms with Crippen LogP contribution in [-0.4, -0.2) is 36.5 Å². The highest BCUT2D eigenvalue weighted by Crippen LogP contribution is 2.43. The summed E-state index contributed by atoms with van der Waals surface area (Å²) in [5.41, 5.74) is 1.57. The van der Waals surface area contributed by atoms with Gasteiger partial charge in [0.2, 0.25) is 5.91 Å². The number of para-hydroxylation sites is 1. The standard InChI is InChI=1S/C21H22FN3O2/c1-15-7-8-16(13-18(15)22)23-20(27)24-11-9-21(10-12-24)14-25(19(21)26)17-5-3-2-4-6-17/h2-8,13H,9-12,14H2,1H3,(H,23,27). The Hall–Kier alpha value is -2.89. The van der Waals surface area contributed by atoms with Gasteiger partial charge in [-0.1, -0.05) is 24.3 Å². The lowest BCUT2D eigenvalue weighted by Gasteiger charge is -2.52. The SMILES string of the molecule is Cc1ccc(NC(=O)N2CCC3(CC2)CN(c2ccccc2)C3=O)cc1F. The number of carbonyl (C=O) groups excluding carboxylic acids is 2. The molecule has 2 aliphatic rings. The summed E-state index contributed by atoms with van der Waals surface area (Å²) in [5.74, 6) is -0.194. The van der Waals surface area contributed by atoms with Gasteiger partial charge in [-0.15, -0.1) is 0 Å². The summed E-state index contributed by atoms with van der Waals surface area (Å²) in [7, 11) is 0. The van der Waals surface area contributed by atoms with Crippen LogP contribution < -0.4 is 10.2 Å². The number of halogens is 1. The van der Waals surface area contributed by atoms with Crippen molar-refractivity contribution in [2.24, 2.45) is 5.41 Å². The number of nitrogens with zero attached hydrogens (tertiary/aromatic N) is 2. The zero-order chi connectivity index (χ0) is 19.0. The number of amides is 3.